The monoisotopic (exact) mass is 494 g/mol. The number of likely N-dealkylation sites (N-methyl/N-ethyl adjacent to an activating group) is 1. The van der Waals surface area contributed by atoms with Crippen LogP contribution in [0.1, 0.15) is 25.0 Å². The van der Waals surface area contributed by atoms with Crippen molar-refractivity contribution in [2.75, 3.05) is 50.1 Å². The number of hydrogen-bond acceptors (Lipinski definition) is 7. The molecule has 0 saturated carbocycles. The number of halogens is 2. The molecule has 0 spiro atoms. The Morgan fingerprint density at radius 2 is 1.94 bits per heavy atom. The first kappa shape index (κ1) is 24.4. The maximum absolute atomic E-state index is 14.9. The van der Waals surface area contributed by atoms with Crippen molar-refractivity contribution in [3.05, 3.63) is 59.3 Å². The second-order valence-corrected chi connectivity index (χ2v) is 9.57. The minimum atomic E-state index is -0.611. The molecule has 0 bridgehead atoms. The van der Waals surface area contributed by atoms with Crippen LogP contribution in [0.25, 0.3) is 11.3 Å². The Labute approximate surface area is 210 Å². The number of hydrogen-bond donors (Lipinski definition) is 2. The van der Waals surface area contributed by atoms with Crippen molar-refractivity contribution in [1.29, 1.82) is 0 Å². The summed E-state index contributed by atoms with van der Waals surface area (Å²) in [6.07, 6.45) is 2.09. The molecule has 0 saturated heterocycles. The molecule has 36 heavy (non-hydrogen) atoms. The summed E-state index contributed by atoms with van der Waals surface area (Å²) in [5.74, 6) is -0.684. The zero-order valence-corrected chi connectivity index (χ0v) is 20.9. The summed E-state index contributed by atoms with van der Waals surface area (Å²) in [7, 11) is 1.97. The maximum Gasteiger partial charge on any atom is 0.227 e. The SMILES string of the molecule is CNCCN1CCc2cc(Nc3ncc(F)c(-c4cc(F)c5c(c4)N(C(C)C)CCO5)n3)ccc2C1. The summed E-state index contributed by atoms with van der Waals surface area (Å²) in [4.78, 5) is 13.0. The van der Waals surface area contributed by atoms with E-state index >= 15 is 0 Å². The van der Waals surface area contributed by atoms with Crippen LogP contribution in [0.3, 0.4) is 0 Å². The number of nitrogens with zero attached hydrogens (tertiary/aromatic N) is 4. The second-order valence-electron chi connectivity index (χ2n) is 9.57. The second kappa shape index (κ2) is 10.4. The smallest absolute Gasteiger partial charge is 0.227 e. The van der Waals surface area contributed by atoms with Gasteiger partial charge in [0.25, 0.3) is 0 Å². The van der Waals surface area contributed by atoms with Gasteiger partial charge in [0.05, 0.1) is 18.4 Å². The highest BCUT2D eigenvalue weighted by atomic mass is 19.1. The van der Waals surface area contributed by atoms with Crippen LogP contribution < -0.4 is 20.3 Å². The molecule has 0 unspecified atom stereocenters. The maximum atomic E-state index is 14.9. The molecule has 1 aromatic heterocycles. The van der Waals surface area contributed by atoms with E-state index in [1.165, 1.54) is 17.2 Å². The molecule has 0 amide bonds. The lowest BCUT2D eigenvalue weighted by Crippen LogP contribution is -2.38. The van der Waals surface area contributed by atoms with E-state index in [9.17, 15) is 8.78 Å². The van der Waals surface area contributed by atoms with Crippen LogP contribution >= 0.6 is 0 Å². The van der Waals surface area contributed by atoms with Gasteiger partial charge in [-0.05, 0) is 62.7 Å². The summed E-state index contributed by atoms with van der Waals surface area (Å²) >= 11 is 0. The minimum absolute atomic E-state index is 0.0432. The van der Waals surface area contributed by atoms with E-state index in [1.807, 2.05) is 27.0 Å². The molecular formula is C27H32F2N6O. The molecule has 5 rings (SSSR count). The average molecular weight is 495 g/mol. The van der Waals surface area contributed by atoms with E-state index < -0.39 is 11.6 Å². The van der Waals surface area contributed by atoms with Gasteiger partial charge in [-0.3, -0.25) is 4.90 Å². The Balaban J connectivity index is 1.40. The van der Waals surface area contributed by atoms with Crippen molar-refractivity contribution in [2.45, 2.75) is 32.9 Å². The fourth-order valence-electron chi connectivity index (χ4n) is 4.88. The highest BCUT2D eigenvalue weighted by Crippen LogP contribution is 2.39. The summed E-state index contributed by atoms with van der Waals surface area (Å²) in [6.45, 7) is 9.04. The van der Waals surface area contributed by atoms with E-state index in [0.29, 0.717) is 24.4 Å². The number of nitrogens with one attached hydrogen (secondary N) is 2. The van der Waals surface area contributed by atoms with Crippen molar-refractivity contribution in [3.63, 3.8) is 0 Å². The van der Waals surface area contributed by atoms with E-state index in [1.54, 1.807) is 6.07 Å². The molecule has 9 heteroatoms. The van der Waals surface area contributed by atoms with E-state index in [2.05, 4.69) is 42.5 Å². The summed E-state index contributed by atoms with van der Waals surface area (Å²) in [5, 5.41) is 6.40. The van der Waals surface area contributed by atoms with Crippen LogP contribution in [0.4, 0.5) is 26.1 Å². The lowest BCUT2D eigenvalue weighted by molar-refractivity contribution is 0.256. The quantitative estimate of drug-likeness (QED) is 0.506. The number of fused-ring (bicyclic) bond motifs is 2. The van der Waals surface area contributed by atoms with Crippen molar-refractivity contribution >= 4 is 17.3 Å². The normalized spacial score (nSPS) is 15.4. The van der Waals surface area contributed by atoms with Crippen molar-refractivity contribution in [2.24, 2.45) is 0 Å². The van der Waals surface area contributed by atoms with Gasteiger partial charge in [-0.2, -0.15) is 0 Å². The molecule has 0 atom stereocenters. The molecule has 0 fully saturated rings. The molecule has 0 aliphatic carbocycles. The average Bonchev–Trinajstić information content (AvgIpc) is 2.88. The molecule has 190 valence electrons. The minimum Gasteiger partial charge on any atom is -0.486 e. The molecule has 2 aliphatic heterocycles. The Hall–Kier alpha value is -3.30. The lowest BCUT2D eigenvalue weighted by atomic mass is 9.99. The van der Waals surface area contributed by atoms with E-state index in [4.69, 9.17) is 4.74 Å². The first-order valence-corrected chi connectivity index (χ1v) is 12.4. The Kier molecular flexibility index (Phi) is 7.02. The molecule has 2 N–H and O–H groups in total. The van der Waals surface area contributed by atoms with E-state index in [-0.39, 0.29) is 23.4 Å². The molecule has 0 radical (unpaired) electrons. The molecule has 2 aliphatic rings. The van der Waals surface area contributed by atoms with Crippen LogP contribution in [0.5, 0.6) is 5.75 Å². The Bertz CT molecular complexity index is 1250. The standard InChI is InChI=1S/C27H32F2N6O/c1-17(2)35-10-11-36-26-22(28)13-20(14-24(26)35)25-23(29)15-31-27(33-25)32-21-5-4-19-16-34(9-7-30-3)8-6-18(19)12-21/h4-5,12-15,17,30H,6-11,16H2,1-3H3,(H,31,32,33). The third-order valence-corrected chi connectivity index (χ3v) is 6.78. The third-order valence-electron chi connectivity index (χ3n) is 6.78. The van der Waals surface area contributed by atoms with E-state index in [0.717, 1.165) is 44.5 Å². The topological polar surface area (TPSA) is 65.5 Å². The fraction of sp³-hybridized carbons (Fsp3) is 0.407. The van der Waals surface area contributed by atoms with Gasteiger partial charge in [0.1, 0.15) is 12.3 Å². The number of aromatic nitrogens is 2. The first-order chi connectivity index (χ1) is 17.4. The van der Waals surface area contributed by atoms with Crippen molar-refractivity contribution < 1.29 is 13.5 Å². The van der Waals surface area contributed by atoms with Crippen LogP contribution in [-0.4, -0.2) is 60.7 Å². The van der Waals surface area contributed by atoms with Gasteiger partial charge < -0.3 is 20.3 Å². The Morgan fingerprint density at radius 1 is 1.08 bits per heavy atom. The van der Waals surface area contributed by atoms with Crippen LogP contribution in [0.2, 0.25) is 0 Å². The lowest BCUT2D eigenvalue weighted by Gasteiger charge is -2.34. The van der Waals surface area contributed by atoms with Gasteiger partial charge in [0, 0.05) is 43.5 Å². The highest BCUT2D eigenvalue weighted by Gasteiger charge is 2.26. The zero-order chi connectivity index (χ0) is 25.2. The van der Waals surface area contributed by atoms with Gasteiger partial charge >= 0.3 is 0 Å². The van der Waals surface area contributed by atoms with Crippen molar-refractivity contribution in [3.8, 4) is 17.0 Å². The summed E-state index contributed by atoms with van der Waals surface area (Å²) < 4.78 is 35.4. The van der Waals surface area contributed by atoms with Crippen LogP contribution in [-0.2, 0) is 13.0 Å². The van der Waals surface area contributed by atoms with Gasteiger partial charge in [-0.25, -0.2) is 18.7 Å². The third kappa shape index (κ3) is 4.99. The van der Waals surface area contributed by atoms with Gasteiger partial charge in [0.2, 0.25) is 5.95 Å². The van der Waals surface area contributed by atoms with Gasteiger partial charge in [-0.1, -0.05) is 6.07 Å². The zero-order valence-electron chi connectivity index (χ0n) is 20.9. The molecule has 3 heterocycles. The highest BCUT2D eigenvalue weighted by molar-refractivity contribution is 5.73. The number of rotatable bonds is 7. The first-order valence-electron chi connectivity index (χ1n) is 12.4. The number of anilines is 3. The van der Waals surface area contributed by atoms with Crippen LogP contribution in [0, 0.1) is 11.6 Å². The largest absolute Gasteiger partial charge is 0.486 e. The number of ether oxygens (including phenoxy) is 1. The molecular weight excluding hydrogens is 462 g/mol. The Morgan fingerprint density at radius 3 is 2.75 bits per heavy atom. The molecule has 7 nitrogen and oxygen atoms in total. The summed E-state index contributed by atoms with van der Waals surface area (Å²) in [6, 6.07) is 9.38. The van der Waals surface area contributed by atoms with Gasteiger partial charge in [-0.15, -0.1) is 0 Å². The van der Waals surface area contributed by atoms with Crippen LogP contribution in [0.15, 0.2) is 36.5 Å². The van der Waals surface area contributed by atoms with Crippen molar-refractivity contribution in [1.82, 2.24) is 20.2 Å². The predicted molar refractivity (Wildman–Crippen MR) is 138 cm³/mol. The van der Waals surface area contributed by atoms with Gasteiger partial charge in [0.15, 0.2) is 17.4 Å². The molecule has 3 aromatic rings. The fourth-order valence-corrected chi connectivity index (χ4v) is 4.88. The summed E-state index contributed by atoms with van der Waals surface area (Å²) in [5.41, 5.74) is 4.43. The molecule has 2 aromatic carbocycles. The number of benzene rings is 2. The predicted octanol–water partition coefficient (Wildman–Crippen LogP) is 4.35.